The Kier molecular flexibility index (Phi) is 3.37. The fraction of sp³-hybridized carbons (Fsp3) is 0.500. The van der Waals surface area contributed by atoms with Gasteiger partial charge in [-0.1, -0.05) is 11.6 Å². The number of ether oxygens (including phenoxy) is 1. The van der Waals surface area contributed by atoms with Gasteiger partial charge < -0.3 is 15.4 Å². The molecule has 2 N–H and O–H groups in total. The van der Waals surface area contributed by atoms with Gasteiger partial charge in [-0.3, -0.25) is 4.79 Å². The van der Waals surface area contributed by atoms with Crippen molar-refractivity contribution in [2.75, 3.05) is 13.1 Å². The largest absolute Gasteiger partial charge is 0.480 e. The van der Waals surface area contributed by atoms with Crippen molar-refractivity contribution in [3.63, 3.8) is 0 Å². The third kappa shape index (κ3) is 2.30. The Morgan fingerprint density at radius 1 is 1.53 bits per heavy atom. The van der Waals surface area contributed by atoms with Crippen LogP contribution >= 0.6 is 11.6 Å². The van der Waals surface area contributed by atoms with Crippen LogP contribution in [0.3, 0.4) is 0 Å². The van der Waals surface area contributed by atoms with E-state index in [1.165, 1.54) is 0 Å². The van der Waals surface area contributed by atoms with Crippen molar-refractivity contribution in [3.05, 3.63) is 28.8 Å². The van der Waals surface area contributed by atoms with Crippen molar-refractivity contribution in [3.8, 4) is 5.75 Å². The second-order valence-corrected chi connectivity index (χ2v) is 5.56. The van der Waals surface area contributed by atoms with Crippen LogP contribution in [0.25, 0.3) is 0 Å². The Labute approximate surface area is 117 Å². The summed E-state index contributed by atoms with van der Waals surface area (Å²) in [6.07, 6.45) is 2.20. The highest BCUT2D eigenvalue weighted by atomic mass is 35.5. The van der Waals surface area contributed by atoms with E-state index in [0.29, 0.717) is 18.0 Å². The number of nitrogens with zero attached hydrogens (tertiary/aromatic N) is 1. The quantitative estimate of drug-likeness (QED) is 0.895. The fourth-order valence-corrected chi connectivity index (χ4v) is 3.11. The molecule has 0 aliphatic carbocycles. The van der Waals surface area contributed by atoms with E-state index >= 15 is 0 Å². The fourth-order valence-electron chi connectivity index (χ4n) is 2.91. The lowest BCUT2D eigenvalue weighted by atomic mass is 10.1. The number of fused-ring (bicyclic) bond motifs is 1. The Hall–Kier alpha value is -1.26. The molecule has 102 valence electrons. The van der Waals surface area contributed by atoms with Crippen LogP contribution in [-0.4, -0.2) is 36.0 Å². The van der Waals surface area contributed by atoms with E-state index < -0.39 is 6.10 Å². The summed E-state index contributed by atoms with van der Waals surface area (Å²) >= 11 is 5.96. The summed E-state index contributed by atoms with van der Waals surface area (Å²) in [6.45, 7) is 1.31. The number of hydrogen-bond donors (Lipinski definition) is 1. The molecule has 0 saturated carbocycles. The molecule has 3 rings (SSSR count). The van der Waals surface area contributed by atoms with Gasteiger partial charge in [-0.15, -0.1) is 0 Å². The molecule has 4 nitrogen and oxygen atoms in total. The number of carbonyl (C=O) groups is 1. The lowest BCUT2D eigenvalue weighted by Crippen LogP contribution is -2.46. The molecule has 2 atom stereocenters. The minimum Gasteiger partial charge on any atom is -0.480 e. The standard InChI is InChI=1S/C14H17ClN2O2/c15-10-3-4-12-9(6-10)7-13(19-12)14(18)17-5-1-2-11(17)8-16/h3-4,6,11,13H,1-2,5,7-8,16H2. The summed E-state index contributed by atoms with van der Waals surface area (Å²) in [6, 6.07) is 5.65. The Morgan fingerprint density at radius 3 is 3.16 bits per heavy atom. The van der Waals surface area contributed by atoms with Gasteiger partial charge in [0.25, 0.3) is 5.91 Å². The number of likely N-dealkylation sites (tertiary alicyclic amines) is 1. The number of hydrogen-bond acceptors (Lipinski definition) is 3. The van der Waals surface area contributed by atoms with Crippen molar-refractivity contribution in [1.82, 2.24) is 4.90 Å². The van der Waals surface area contributed by atoms with Crippen molar-refractivity contribution in [2.24, 2.45) is 5.73 Å². The van der Waals surface area contributed by atoms with Gasteiger partial charge >= 0.3 is 0 Å². The lowest BCUT2D eigenvalue weighted by molar-refractivity contribution is -0.138. The molecule has 0 aromatic heterocycles. The molecule has 2 aliphatic heterocycles. The molecule has 2 aliphatic rings. The number of halogens is 1. The second kappa shape index (κ2) is 5.02. The first-order valence-corrected chi connectivity index (χ1v) is 7.02. The maximum Gasteiger partial charge on any atom is 0.264 e. The van der Waals surface area contributed by atoms with Gasteiger partial charge in [0.1, 0.15) is 5.75 Å². The SMILES string of the molecule is NCC1CCCN1C(=O)C1Cc2cc(Cl)ccc2O1. The first-order chi connectivity index (χ1) is 9.19. The Bertz CT molecular complexity index is 506. The molecule has 2 heterocycles. The van der Waals surface area contributed by atoms with Gasteiger partial charge in [0, 0.05) is 30.6 Å². The Morgan fingerprint density at radius 2 is 2.37 bits per heavy atom. The van der Waals surface area contributed by atoms with Crippen molar-refractivity contribution in [2.45, 2.75) is 31.4 Å². The summed E-state index contributed by atoms with van der Waals surface area (Å²) in [4.78, 5) is 14.4. The molecule has 0 radical (unpaired) electrons. The molecule has 2 unspecified atom stereocenters. The number of carbonyl (C=O) groups excluding carboxylic acids is 1. The third-order valence-corrected chi connectivity index (χ3v) is 4.14. The predicted octanol–water partition coefficient (Wildman–Crippen LogP) is 1.59. The van der Waals surface area contributed by atoms with Gasteiger partial charge in [0.05, 0.1) is 0 Å². The lowest BCUT2D eigenvalue weighted by Gasteiger charge is -2.26. The van der Waals surface area contributed by atoms with Crippen LogP contribution in [0, 0.1) is 0 Å². The van der Waals surface area contributed by atoms with Crippen LogP contribution in [0.5, 0.6) is 5.75 Å². The number of rotatable bonds is 2. The Balaban J connectivity index is 1.74. The second-order valence-electron chi connectivity index (χ2n) is 5.13. The average molecular weight is 281 g/mol. The monoisotopic (exact) mass is 280 g/mol. The van der Waals surface area contributed by atoms with E-state index in [-0.39, 0.29) is 11.9 Å². The van der Waals surface area contributed by atoms with Crippen LogP contribution in [0.4, 0.5) is 0 Å². The highest BCUT2D eigenvalue weighted by Crippen LogP contribution is 2.32. The van der Waals surface area contributed by atoms with E-state index in [0.717, 1.165) is 30.7 Å². The zero-order chi connectivity index (χ0) is 13.4. The first-order valence-electron chi connectivity index (χ1n) is 6.64. The maximum absolute atomic E-state index is 12.5. The first kappa shape index (κ1) is 12.8. The predicted molar refractivity (Wildman–Crippen MR) is 73.4 cm³/mol. The van der Waals surface area contributed by atoms with Crippen LogP contribution in [0.1, 0.15) is 18.4 Å². The highest BCUT2D eigenvalue weighted by Gasteiger charge is 2.36. The summed E-state index contributed by atoms with van der Waals surface area (Å²) in [7, 11) is 0. The molecule has 0 spiro atoms. The van der Waals surface area contributed by atoms with Gasteiger partial charge in [-0.25, -0.2) is 0 Å². The summed E-state index contributed by atoms with van der Waals surface area (Å²) < 4.78 is 5.74. The zero-order valence-electron chi connectivity index (χ0n) is 10.6. The van der Waals surface area contributed by atoms with Gasteiger partial charge in [0.2, 0.25) is 0 Å². The molecule has 1 amide bonds. The molecule has 5 heteroatoms. The van der Waals surface area contributed by atoms with Gasteiger partial charge in [-0.05, 0) is 36.6 Å². The third-order valence-electron chi connectivity index (χ3n) is 3.90. The maximum atomic E-state index is 12.5. The molecular formula is C14H17ClN2O2. The summed E-state index contributed by atoms with van der Waals surface area (Å²) in [5.41, 5.74) is 6.72. The van der Waals surface area contributed by atoms with Crippen molar-refractivity contribution in [1.29, 1.82) is 0 Å². The zero-order valence-corrected chi connectivity index (χ0v) is 11.4. The van der Waals surface area contributed by atoms with Crippen molar-refractivity contribution >= 4 is 17.5 Å². The molecule has 0 bridgehead atoms. The van der Waals surface area contributed by atoms with Gasteiger partial charge in [0.15, 0.2) is 6.10 Å². The molecular weight excluding hydrogens is 264 g/mol. The van der Waals surface area contributed by atoms with E-state index in [9.17, 15) is 4.79 Å². The number of nitrogens with two attached hydrogens (primary N) is 1. The van der Waals surface area contributed by atoms with Gasteiger partial charge in [-0.2, -0.15) is 0 Å². The summed E-state index contributed by atoms with van der Waals surface area (Å²) in [5, 5.41) is 0.677. The molecule has 1 aromatic rings. The molecule has 1 fully saturated rings. The smallest absolute Gasteiger partial charge is 0.264 e. The van der Waals surface area contributed by atoms with E-state index in [1.54, 1.807) is 6.07 Å². The number of amides is 1. The minimum absolute atomic E-state index is 0.0558. The van der Waals surface area contributed by atoms with Crippen LogP contribution < -0.4 is 10.5 Å². The van der Waals surface area contributed by atoms with Crippen molar-refractivity contribution < 1.29 is 9.53 Å². The number of benzene rings is 1. The van der Waals surface area contributed by atoms with E-state index in [1.807, 2.05) is 17.0 Å². The molecule has 1 saturated heterocycles. The molecule has 1 aromatic carbocycles. The molecule has 19 heavy (non-hydrogen) atoms. The van der Waals surface area contributed by atoms with E-state index in [2.05, 4.69) is 0 Å². The summed E-state index contributed by atoms with van der Waals surface area (Å²) in [5.74, 6) is 0.825. The average Bonchev–Trinajstić information content (AvgIpc) is 3.03. The van der Waals surface area contributed by atoms with Crippen LogP contribution in [0.15, 0.2) is 18.2 Å². The van der Waals surface area contributed by atoms with Crippen LogP contribution in [-0.2, 0) is 11.2 Å². The normalized spacial score (nSPS) is 25.3. The minimum atomic E-state index is -0.416. The highest BCUT2D eigenvalue weighted by molar-refractivity contribution is 6.30. The van der Waals surface area contributed by atoms with E-state index in [4.69, 9.17) is 22.1 Å². The van der Waals surface area contributed by atoms with Crippen LogP contribution in [0.2, 0.25) is 5.02 Å². The topological polar surface area (TPSA) is 55.6 Å².